The first kappa shape index (κ1) is 7.72. The molecule has 0 aliphatic carbocycles. The Labute approximate surface area is 65.1 Å². The van der Waals surface area contributed by atoms with Crippen LogP contribution in [-0.4, -0.2) is 6.54 Å². The Hall–Kier alpha value is -0.380. The van der Waals surface area contributed by atoms with E-state index in [0.29, 0.717) is 0 Å². The Balaban J connectivity index is 2.50. The molecule has 1 heterocycles. The van der Waals surface area contributed by atoms with E-state index >= 15 is 0 Å². The van der Waals surface area contributed by atoms with Crippen molar-refractivity contribution in [2.75, 3.05) is 6.54 Å². The summed E-state index contributed by atoms with van der Waals surface area (Å²) in [5.41, 5.74) is 5.80. The minimum absolute atomic E-state index is 0.144. The van der Waals surface area contributed by atoms with E-state index in [0.717, 1.165) is 6.54 Å². The molecule has 56 valence electrons. The van der Waals surface area contributed by atoms with Crippen LogP contribution in [0.4, 0.5) is 0 Å². The monoisotopic (exact) mass is 157 g/mol. The third kappa shape index (κ3) is 1.80. The Morgan fingerprint density at radius 2 is 2.60 bits per heavy atom. The molecule has 0 fully saturated rings. The van der Waals surface area contributed by atoms with Crippen LogP contribution in [0.5, 0.6) is 0 Å². The smallest absolute Gasteiger partial charge is 0.173 e. The molecule has 1 aromatic rings. The van der Waals surface area contributed by atoms with Crippen LogP contribution in [-0.2, 0) is 0 Å². The van der Waals surface area contributed by atoms with Gasteiger partial charge in [0.05, 0.1) is 11.4 Å². The maximum atomic E-state index is 5.80. The van der Waals surface area contributed by atoms with Crippen molar-refractivity contribution in [2.45, 2.75) is 13.1 Å². The summed E-state index contributed by atoms with van der Waals surface area (Å²) < 4.78 is 0. The summed E-state index contributed by atoms with van der Waals surface area (Å²) in [6.45, 7) is 3.15. The molecule has 0 saturated carbocycles. The first-order valence-corrected chi connectivity index (χ1v) is 4.35. The molecule has 3 heteroatoms. The van der Waals surface area contributed by atoms with Crippen molar-refractivity contribution in [1.82, 2.24) is 0 Å². The molecular weight excluding hydrogens is 144 g/mol. The van der Waals surface area contributed by atoms with Gasteiger partial charge in [0.25, 0.3) is 0 Å². The molecule has 0 aliphatic heterocycles. The number of hydrogen-bond acceptors (Lipinski definition) is 2. The molecule has 0 aromatic carbocycles. The van der Waals surface area contributed by atoms with Crippen molar-refractivity contribution in [3.63, 3.8) is 0 Å². The summed E-state index contributed by atoms with van der Waals surface area (Å²) in [6, 6.07) is 4.10. The molecule has 10 heavy (non-hydrogen) atoms. The molecule has 2 nitrogen and oxygen atoms in total. The van der Waals surface area contributed by atoms with Crippen molar-refractivity contribution < 1.29 is 5.32 Å². The Morgan fingerprint density at radius 1 is 1.80 bits per heavy atom. The van der Waals surface area contributed by atoms with Crippen LogP contribution in [0.2, 0.25) is 0 Å². The van der Waals surface area contributed by atoms with Crippen molar-refractivity contribution >= 4 is 11.3 Å². The minimum Gasteiger partial charge on any atom is -0.327 e. The lowest BCUT2D eigenvalue weighted by molar-refractivity contribution is -0.692. The van der Waals surface area contributed by atoms with E-state index < -0.39 is 0 Å². The molecule has 0 bridgehead atoms. The fraction of sp³-hybridized carbons (Fsp3) is 0.429. The summed E-state index contributed by atoms with van der Waals surface area (Å²) in [5, 5.41) is 4.17. The topological polar surface area (TPSA) is 42.6 Å². The largest absolute Gasteiger partial charge is 0.327 e. The van der Waals surface area contributed by atoms with Gasteiger partial charge in [0, 0.05) is 0 Å². The molecule has 0 amide bonds. The van der Waals surface area contributed by atoms with Crippen LogP contribution < -0.4 is 11.1 Å². The first-order valence-electron chi connectivity index (χ1n) is 3.47. The summed E-state index contributed by atoms with van der Waals surface area (Å²) in [5.74, 6) is 0. The number of quaternary nitrogens is 1. The molecular formula is C7H13N2S+. The van der Waals surface area contributed by atoms with Gasteiger partial charge in [-0.15, -0.1) is 11.3 Å². The molecule has 0 spiro atoms. The van der Waals surface area contributed by atoms with E-state index in [1.165, 1.54) is 4.88 Å². The average Bonchev–Trinajstić information content (AvgIpc) is 2.38. The molecule has 0 radical (unpaired) electrons. The normalized spacial score (nSPS) is 13.4. The first-order chi connectivity index (χ1) is 4.84. The number of hydrogen-bond donors (Lipinski definition) is 2. The second kappa shape index (κ2) is 3.71. The maximum absolute atomic E-state index is 5.80. The van der Waals surface area contributed by atoms with Gasteiger partial charge in [-0.05, 0) is 18.4 Å². The van der Waals surface area contributed by atoms with Crippen LogP contribution in [0.3, 0.4) is 0 Å². The highest BCUT2D eigenvalue weighted by atomic mass is 32.1. The van der Waals surface area contributed by atoms with Gasteiger partial charge in [0.1, 0.15) is 0 Å². The predicted octanol–water partition coefficient (Wildman–Crippen LogP) is 0.289. The number of nitrogens with two attached hydrogens (primary N) is 2. The summed E-state index contributed by atoms with van der Waals surface area (Å²) in [7, 11) is 0. The van der Waals surface area contributed by atoms with E-state index in [2.05, 4.69) is 23.7 Å². The van der Waals surface area contributed by atoms with Gasteiger partial charge in [0.15, 0.2) is 6.17 Å². The van der Waals surface area contributed by atoms with Gasteiger partial charge >= 0.3 is 0 Å². The zero-order valence-electron chi connectivity index (χ0n) is 6.08. The number of thiophene rings is 1. The van der Waals surface area contributed by atoms with Crippen LogP contribution in [0, 0.1) is 0 Å². The fourth-order valence-electron chi connectivity index (χ4n) is 0.851. The highest BCUT2D eigenvalue weighted by molar-refractivity contribution is 7.10. The Bertz CT molecular complexity index is 172. The lowest BCUT2D eigenvalue weighted by atomic mass is 10.4. The van der Waals surface area contributed by atoms with Gasteiger partial charge in [-0.2, -0.15) is 0 Å². The van der Waals surface area contributed by atoms with Gasteiger partial charge in [-0.25, -0.2) is 0 Å². The molecule has 1 rings (SSSR count). The lowest BCUT2D eigenvalue weighted by Crippen LogP contribution is -2.87. The molecule has 1 unspecified atom stereocenters. The standard InChI is InChI=1S/C7H12N2S/c1-2-9-7(8)6-4-3-5-10-6/h3-5,7,9H,2,8H2,1H3/p+1. The van der Waals surface area contributed by atoms with Crippen LogP contribution in [0.25, 0.3) is 0 Å². The van der Waals surface area contributed by atoms with E-state index in [4.69, 9.17) is 5.73 Å². The third-order valence-electron chi connectivity index (χ3n) is 1.36. The van der Waals surface area contributed by atoms with Crippen LogP contribution in [0.1, 0.15) is 18.0 Å². The van der Waals surface area contributed by atoms with E-state index in [-0.39, 0.29) is 6.17 Å². The van der Waals surface area contributed by atoms with Crippen molar-refractivity contribution in [3.8, 4) is 0 Å². The second-order valence-corrected chi connectivity index (χ2v) is 3.16. The molecule has 1 atom stereocenters. The Kier molecular flexibility index (Phi) is 2.86. The van der Waals surface area contributed by atoms with Gasteiger partial charge in [0.2, 0.25) is 0 Å². The highest BCUT2D eigenvalue weighted by Gasteiger charge is 2.06. The maximum Gasteiger partial charge on any atom is 0.173 e. The predicted molar refractivity (Wildman–Crippen MR) is 43.7 cm³/mol. The molecule has 0 saturated heterocycles. The third-order valence-corrected chi connectivity index (χ3v) is 2.33. The van der Waals surface area contributed by atoms with Gasteiger partial charge in [-0.3, -0.25) is 5.73 Å². The second-order valence-electron chi connectivity index (χ2n) is 2.19. The fourth-order valence-corrected chi connectivity index (χ4v) is 1.58. The molecule has 0 aliphatic rings. The van der Waals surface area contributed by atoms with Crippen LogP contribution in [0.15, 0.2) is 17.5 Å². The SMILES string of the molecule is CC[NH2+]C(N)c1cccs1. The van der Waals surface area contributed by atoms with E-state index in [1.54, 1.807) is 11.3 Å². The summed E-state index contributed by atoms with van der Waals surface area (Å²) in [4.78, 5) is 1.25. The number of rotatable bonds is 3. The minimum atomic E-state index is 0.144. The van der Waals surface area contributed by atoms with Crippen molar-refractivity contribution in [1.29, 1.82) is 0 Å². The molecule has 4 N–H and O–H groups in total. The summed E-state index contributed by atoms with van der Waals surface area (Å²) >= 11 is 1.71. The lowest BCUT2D eigenvalue weighted by Gasteiger charge is -2.04. The van der Waals surface area contributed by atoms with Gasteiger partial charge in [-0.1, -0.05) is 6.07 Å². The zero-order chi connectivity index (χ0) is 7.40. The van der Waals surface area contributed by atoms with Gasteiger partial charge < -0.3 is 5.32 Å². The van der Waals surface area contributed by atoms with E-state index in [9.17, 15) is 0 Å². The average molecular weight is 157 g/mol. The van der Waals surface area contributed by atoms with Crippen molar-refractivity contribution in [3.05, 3.63) is 22.4 Å². The highest BCUT2D eigenvalue weighted by Crippen LogP contribution is 2.10. The Morgan fingerprint density at radius 3 is 3.10 bits per heavy atom. The van der Waals surface area contributed by atoms with E-state index in [1.807, 2.05) is 6.07 Å². The summed E-state index contributed by atoms with van der Waals surface area (Å²) in [6.07, 6.45) is 0.144. The van der Waals surface area contributed by atoms with Crippen molar-refractivity contribution in [2.24, 2.45) is 5.73 Å². The van der Waals surface area contributed by atoms with Crippen LogP contribution >= 0.6 is 11.3 Å². The zero-order valence-corrected chi connectivity index (χ0v) is 6.90. The quantitative estimate of drug-likeness (QED) is 0.608. The molecule has 1 aromatic heterocycles.